The molecule has 134 valence electrons. The summed E-state index contributed by atoms with van der Waals surface area (Å²) in [5.41, 5.74) is 3.14. The summed E-state index contributed by atoms with van der Waals surface area (Å²) >= 11 is 4.49. The van der Waals surface area contributed by atoms with Crippen LogP contribution in [0.25, 0.3) is 6.08 Å². The molecule has 0 unspecified atom stereocenters. The number of hydrogen-bond acceptors (Lipinski definition) is 4. The van der Waals surface area contributed by atoms with Gasteiger partial charge in [0.25, 0.3) is 11.1 Å². The Morgan fingerprint density at radius 2 is 2.00 bits per heavy atom. The van der Waals surface area contributed by atoms with Gasteiger partial charge in [0.15, 0.2) is 0 Å². The van der Waals surface area contributed by atoms with Crippen LogP contribution in [0.15, 0.2) is 51.8 Å². The Labute approximate surface area is 165 Å². The van der Waals surface area contributed by atoms with E-state index in [0.29, 0.717) is 18.1 Å². The summed E-state index contributed by atoms with van der Waals surface area (Å²) < 4.78 is 6.67. The van der Waals surface area contributed by atoms with Crippen molar-refractivity contribution in [2.24, 2.45) is 0 Å². The molecule has 1 fully saturated rings. The molecule has 4 nitrogen and oxygen atoms in total. The second-order valence-corrected chi connectivity index (χ2v) is 7.74. The van der Waals surface area contributed by atoms with Gasteiger partial charge in [0.1, 0.15) is 12.4 Å². The van der Waals surface area contributed by atoms with Crippen molar-refractivity contribution < 1.29 is 14.3 Å². The van der Waals surface area contributed by atoms with Crippen molar-refractivity contribution in [2.75, 3.05) is 6.54 Å². The fourth-order valence-corrected chi connectivity index (χ4v) is 4.02. The molecule has 26 heavy (non-hydrogen) atoms. The number of ether oxygens (including phenoxy) is 1. The number of amides is 2. The monoisotopic (exact) mass is 431 g/mol. The fourth-order valence-electron chi connectivity index (χ4n) is 2.61. The molecule has 2 aromatic rings. The van der Waals surface area contributed by atoms with E-state index in [1.807, 2.05) is 30.3 Å². The molecule has 6 heteroatoms. The first kappa shape index (κ1) is 18.7. The van der Waals surface area contributed by atoms with Gasteiger partial charge in [-0.2, -0.15) is 0 Å². The number of benzene rings is 2. The van der Waals surface area contributed by atoms with E-state index in [4.69, 9.17) is 4.74 Å². The molecule has 1 saturated heterocycles. The summed E-state index contributed by atoms with van der Waals surface area (Å²) in [5, 5.41) is -0.221. The summed E-state index contributed by atoms with van der Waals surface area (Å²) in [4.78, 5) is 25.6. The maximum Gasteiger partial charge on any atom is 0.293 e. The number of carbonyl (C=O) groups excluding carboxylic acids is 2. The van der Waals surface area contributed by atoms with Gasteiger partial charge in [-0.05, 0) is 70.9 Å². The second-order valence-electron chi connectivity index (χ2n) is 5.89. The molecule has 0 aliphatic carbocycles. The van der Waals surface area contributed by atoms with Crippen molar-refractivity contribution in [3.63, 3.8) is 0 Å². The van der Waals surface area contributed by atoms with Gasteiger partial charge in [-0.3, -0.25) is 14.5 Å². The van der Waals surface area contributed by atoms with Crippen LogP contribution in [0.1, 0.15) is 23.6 Å². The average molecular weight is 432 g/mol. The quantitative estimate of drug-likeness (QED) is 0.595. The van der Waals surface area contributed by atoms with E-state index in [1.54, 1.807) is 13.0 Å². The maximum atomic E-state index is 12.2. The van der Waals surface area contributed by atoms with Crippen molar-refractivity contribution in [1.29, 1.82) is 0 Å². The molecular formula is C20H18BrNO3S. The Morgan fingerprint density at radius 1 is 1.19 bits per heavy atom. The lowest BCUT2D eigenvalue weighted by Crippen LogP contribution is -2.27. The van der Waals surface area contributed by atoms with Crippen molar-refractivity contribution in [3.8, 4) is 5.75 Å². The number of likely N-dealkylation sites (N-methyl/N-ethyl adjacent to an activating group) is 1. The zero-order chi connectivity index (χ0) is 18.7. The summed E-state index contributed by atoms with van der Waals surface area (Å²) in [7, 11) is 0. The van der Waals surface area contributed by atoms with Crippen molar-refractivity contribution >= 4 is 44.9 Å². The van der Waals surface area contributed by atoms with Gasteiger partial charge in [0.05, 0.1) is 9.38 Å². The lowest BCUT2D eigenvalue weighted by atomic mass is 10.1. The average Bonchev–Trinajstić information content (AvgIpc) is 2.87. The van der Waals surface area contributed by atoms with E-state index in [0.717, 1.165) is 33.1 Å². The molecule has 1 heterocycles. The second kappa shape index (κ2) is 8.10. The Balaban J connectivity index is 1.73. The molecule has 0 atom stereocenters. The Hall–Kier alpha value is -2.05. The normalized spacial score (nSPS) is 15.8. The van der Waals surface area contributed by atoms with Crippen molar-refractivity contribution in [2.45, 2.75) is 20.5 Å². The topological polar surface area (TPSA) is 46.6 Å². The van der Waals surface area contributed by atoms with Crippen LogP contribution >= 0.6 is 27.7 Å². The Kier molecular flexibility index (Phi) is 5.84. The first-order valence-electron chi connectivity index (χ1n) is 8.21. The standard InChI is InChI=1S/C20H18BrNO3S/c1-3-22-19(23)18(26-20(22)24)11-14-7-8-17(16(21)10-14)25-12-15-6-4-5-13(2)9-15/h4-11H,3,12H2,1-2H3/b18-11+. The molecule has 2 amide bonds. The minimum atomic E-state index is -0.238. The van der Waals surface area contributed by atoms with E-state index in [9.17, 15) is 9.59 Å². The van der Waals surface area contributed by atoms with Crippen LogP contribution in [0, 0.1) is 6.92 Å². The SMILES string of the molecule is CCN1C(=O)S/C(=C/c2ccc(OCc3cccc(C)c3)c(Br)c2)C1=O. The van der Waals surface area contributed by atoms with Crippen LogP contribution in [0.3, 0.4) is 0 Å². The fraction of sp³-hybridized carbons (Fsp3) is 0.200. The summed E-state index contributed by atoms with van der Waals surface area (Å²) in [6.07, 6.45) is 1.73. The van der Waals surface area contributed by atoms with Crippen LogP contribution in [0.5, 0.6) is 5.75 Å². The molecular weight excluding hydrogens is 414 g/mol. The van der Waals surface area contributed by atoms with E-state index >= 15 is 0 Å². The zero-order valence-electron chi connectivity index (χ0n) is 14.5. The molecule has 2 aromatic carbocycles. The summed E-state index contributed by atoms with van der Waals surface area (Å²) in [6, 6.07) is 13.8. The van der Waals surface area contributed by atoms with Crippen LogP contribution in [-0.2, 0) is 11.4 Å². The van der Waals surface area contributed by atoms with Gasteiger partial charge in [-0.25, -0.2) is 0 Å². The maximum absolute atomic E-state index is 12.2. The molecule has 0 spiro atoms. The Bertz CT molecular complexity index is 894. The lowest BCUT2D eigenvalue weighted by Gasteiger charge is -2.10. The number of halogens is 1. The molecule has 0 radical (unpaired) electrons. The van der Waals surface area contributed by atoms with Crippen LogP contribution in [0.4, 0.5) is 4.79 Å². The van der Waals surface area contributed by atoms with E-state index in [2.05, 4.69) is 35.0 Å². The van der Waals surface area contributed by atoms with Crippen LogP contribution in [-0.4, -0.2) is 22.6 Å². The molecule has 3 rings (SSSR count). The number of thioether (sulfide) groups is 1. The van der Waals surface area contributed by atoms with Crippen LogP contribution < -0.4 is 4.74 Å². The third kappa shape index (κ3) is 4.19. The zero-order valence-corrected chi connectivity index (χ0v) is 16.9. The number of aryl methyl sites for hydroxylation is 1. The van der Waals surface area contributed by atoms with Gasteiger partial charge in [0.2, 0.25) is 0 Å². The Morgan fingerprint density at radius 3 is 2.65 bits per heavy atom. The van der Waals surface area contributed by atoms with Gasteiger partial charge >= 0.3 is 0 Å². The predicted molar refractivity (Wildman–Crippen MR) is 108 cm³/mol. The highest BCUT2D eigenvalue weighted by Crippen LogP contribution is 2.33. The molecule has 0 bridgehead atoms. The van der Waals surface area contributed by atoms with E-state index < -0.39 is 0 Å². The number of rotatable bonds is 5. The van der Waals surface area contributed by atoms with E-state index in [1.165, 1.54) is 10.5 Å². The molecule has 0 N–H and O–H groups in total. The van der Waals surface area contributed by atoms with E-state index in [-0.39, 0.29) is 11.1 Å². The van der Waals surface area contributed by atoms with Gasteiger partial charge < -0.3 is 4.74 Å². The third-order valence-corrected chi connectivity index (χ3v) is 5.45. The highest BCUT2D eigenvalue weighted by molar-refractivity contribution is 9.10. The first-order chi connectivity index (χ1) is 12.5. The molecule has 0 aromatic heterocycles. The molecule has 0 saturated carbocycles. The highest BCUT2D eigenvalue weighted by Gasteiger charge is 2.33. The highest BCUT2D eigenvalue weighted by atomic mass is 79.9. The first-order valence-corrected chi connectivity index (χ1v) is 9.82. The number of imide groups is 1. The predicted octanol–water partition coefficient (Wildman–Crippen LogP) is 5.39. The summed E-state index contributed by atoms with van der Waals surface area (Å²) in [6.45, 7) is 4.71. The molecule has 1 aliphatic heterocycles. The number of carbonyl (C=O) groups is 2. The van der Waals surface area contributed by atoms with Crippen molar-refractivity contribution in [1.82, 2.24) is 4.90 Å². The minimum absolute atomic E-state index is 0.221. The summed E-state index contributed by atoms with van der Waals surface area (Å²) in [5.74, 6) is 0.490. The third-order valence-electron chi connectivity index (χ3n) is 3.92. The number of hydrogen-bond donors (Lipinski definition) is 0. The van der Waals surface area contributed by atoms with Crippen molar-refractivity contribution in [3.05, 3.63) is 68.5 Å². The lowest BCUT2D eigenvalue weighted by molar-refractivity contribution is -0.122. The van der Waals surface area contributed by atoms with Gasteiger partial charge in [0, 0.05) is 6.54 Å². The number of nitrogens with zero attached hydrogens (tertiary/aromatic N) is 1. The van der Waals surface area contributed by atoms with Crippen LogP contribution in [0.2, 0.25) is 0 Å². The minimum Gasteiger partial charge on any atom is -0.488 e. The van der Waals surface area contributed by atoms with Gasteiger partial charge in [-0.15, -0.1) is 0 Å². The van der Waals surface area contributed by atoms with Gasteiger partial charge in [-0.1, -0.05) is 35.9 Å². The largest absolute Gasteiger partial charge is 0.488 e. The smallest absolute Gasteiger partial charge is 0.293 e. The molecule has 1 aliphatic rings.